The van der Waals surface area contributed by atoms with Crippen LogP contribution in [0, 0.1) is 0 Å². The van der Waals surface area contributed by atoms with E-state index < -0.39 is 74.6 Å². The molecule has 0 aromatic carbocycles. The van der Waals surface area contributed by atoms with Gasteiger partial charge in [0.1, 0.15) is 42.7 Å². The molecule has 2 heterocycles. The second kappa shape index (κ2) is 7.63. The maximum Gasteiger partial charge on any atom is 0.187 e. The van der Waals surface area contributed by atoms with Crippen LogP contribution in [0.5, 0.6) is 0 Å². The molecule has 2 fully saturated rings. The van der Waals surface area contributed by atoms with Gasteiger partial charge < -0.3 is 55.7 Å². The van der Waals surface area contributed by atoms with E-state index in [0.717, 1.165) is 0 Å². The Hall–Kier alpha value is -0.440. The molecule has 2 aliphatic rings. The molecule has 0 aromatic heterocycles. The number of nitrogens with two attached hydrogens (primary N) is 1. The van der Waals surface area contributed by atoms with Crippen molar-refractivity contribution < 1.29 is 50.0 Å². The molecule has 0 unspecified atom stereocenters. The van der Waals surface area contributed by atoms with Crippen LogP contribution < -0.4 is 5.73 Å². The molecule has 9 N–H and O–H groups in total. The summed E-state index contributed by atoms with van der Waals surface area (Å²) in [7, 11) is 0. The smallest absolute Gasteiger partial charge is 0.187 e. The van der Waals surface area contributed by atoms with Gasteiger partial charge in [-0.1, -0.05) is 0 Å². The summed E-state index contributed by atoms with van der Waals surface area (Å²) in [6.07, 6.45) is -13.0. The highest BCUT2D eigenvalue weighted by Crippen LogP contribution is 2.27. The molecule has 23 heavy (non-hydrogen) atoms. The Kier molecular flexibility index (Phi) is 6.27. The monoisotopic (exact) mass is 341 g/mol. The van der Waals surface area contributed by atoms with E-state index in [1.807, 2.05) is 0 Å². The zero-order valence-corrected chi connectivity index (χ0v) is 12.1. The van der Waals surface area contributed by atoms with E-state index >= 15 is 0 Å². The van der Waals surface area contributed by atoms with Crippen LogP contribution >= 0.6 is 0 Å². The summed E-state index contributed by atoms with van der Waals surface area (Å²) in [5.41, 5.74) is 5.55. The van der Waals surface area contributed by atoms with Crippen molar-refractivity contribution in [1.82, 2.24) is 0 Å². The summed E-state index contributed by atoms with van der Waals surface area (Å²) in [4.78, 5) is 0. The zero-order valence-electron chi connectivity index (χ0n) is 12.1. The van der Waals surface area contributed by atoms with Gasteiger partial charge in [-0.15, -0.1) is 0 Å². The maximum atomic E-state index is 10.1. The van der Waals surface area contributed by atoms with E-state index in [-0.39, 0.29) is 0 Å². The van der Waals surface area contributed by atoms with E-state index in [1.54, 1.807) is 0 Å². The summed E-state index contributed by atoms with van der Waals surface area (Å²) >= 11 is 0. The van der Waals surface area contributed by atoms with E-state index in [9.17, 15) is 30.6 Å². The summed E-state index contributed by atoms with van der Waals surface area (Å²) < 4.78 is 15.5. The number of rotatable bonds is 4. The molecule has 0 bridgehead atoms. The van der Waals surface area contributed by atoms with E-state index in [0.29, 0.717) is 0 Å². The normalized spacial score (nSPS) is 51.7. The fraction of sp³-hybridized carbons (Fsp3) is 1.00. The average molecular weight is 341 g/mol. The summed E-state index contributed by atoms with van der Waals surface area (Å²) in [5, 5.41) is 67.3. The van der Waals surface area contributed by atoms with Crippen molar-refractivity contribution >= 4 is 0 Å². The van der Waals surface area contributed by atoms with Crippen molar-refractivity contribution in [3.8, 4) is 0 Å². The van der Waals surface area contributed by atoms with Crippen LogP contribution in [0.25, 0.3) is 0 Å². The second-order valence-corrected chi connectivity index (χ2v) is 5.61. The van der Waals surface area contributed by atoms with Gasteiger partial charge in [0.15, 0.2) is 12.6 Å². The quantitative estimate of drug-likeness (QED) is 0.243. The highest BCUT2D eigenvalue weighted by molar-refractivity contribution is 4.94. The van der Waals surface area contributed by atoms with Crippen LogP contribution in [-0.4, -0.2) is 110 Å². The van der Waals surface area contributed by atoms with Gasteiger partial charge in [-0.05, 0) is 0 Å². The molecule has 136 valence electrons. The van der Waals surface area contributed by atoms with Gasteiger partial charge in [0.2, 0.25) is 0 Å². The second-order valence-electron chi connectivity index (χ2n) is 5.61. The van der Waals surface area contributed by atoms with Gasteiger partial charge in [0, 0.05) is 0 Å². The minimum Gasteiger partial charge on any atom is -0.394 e. The Morgan fingerprint density at radius 1 is 0.783 bits per heavy atom. The van der Waals surface area contributed by atoms with Gasteiger partial charge >= 0.3 is 0 Å². The lowest BCUT2D eigenvalue weighted by atomic mass is 9.96. The van der Waals surface area contributed by atoms with E-state index in [1.165, 1.54) is 0 Å². The van der Waals surface area contributed by atoms with Gasteiger partial charge in [-0.25, -0.2) is 0 Å². The third-order valence-electron chi connectivity index (χ3n) is 4.06. The molecule has 2 saturated heterocycles. The number of hydrogen-bond acceptors (Lipinski definition) is 11. The van der Waals surface area contributed by atoms with Crippen LogP contribution in [0.15, 0.2) is 0 Å². The first-order valence-electron chi connectivity index (χ1n) is 7.15. The third kappa shape index (κ3) is 3.65. The summed E-state index contributed by atoms with van der Waals surface area (Å²) in [6.45, 7) is -1.26. The molecule has 0 amide bonds. The van der Waals surface area contributed by atoms with Crippen molar-refractivity contribution in [3.63, 3.8) is 0 Å². The van der Waals surface area contributed by atoms with Crippen LogP contribution in [0.4, 0.5) is 0 Å². The molecule has 0 saturated carbocycles. The third-order valence-corrected chi connectivity index (χ3v) is 4.06. The Balaban J connectivity index is 2.11. The lowest BCUT2D eigenvalue weighted by Gasteiger charge is -2.45. The number of ether oxygens (including phenoxy) is 3. The van der Waals surface area contributed by atoms with Crippen LogP contribution in [0.1, 0.15) is 0 Å². The SMILES string of the molecule is N[C@H]1[C@@H](O)[C@H](O[C@H]2O[C@@H](CO)[C@H](O)[C@@H](O)[C@@H]2O)[C@@H](CO)O[C@@H]1O. The zero-order chi connectivity index (χ0) is 17.3. The molecule has 0 aliphatic carbocycles. The van der Waals surface area contributed by atoms with Gasteiger partial charge in [-0.3, -0.25) is 0 Å². The van der Waals surface area contributed by atoms with Crippen LogP contribution in [0.3, 0.4) is 0 Å². The number of aliphatic hydroxyl groups excluding tert-OH is 7. The lowest BCUT2D eigenvalue weighted by molar-refractivity contribution is -0.344. The highest BCUT2D eigenvalue weighted by atomic mass is 16.7. The van der Waals surface area contributed by atoms with E-state index in [4.69, 9.17) is 25.1 Å². The van der Waals surface area contributed by atoms with Gasteiger partial charge in [-0.2, -0.15) is 0 Å². The van der Waals surface area contributed by atoms with Crippen molar-refractivity contribution in [2.45, 2.75) is 61.3 Å². The van der Waals surface area contributed by atoms with Crippen molar-refractivity contribution in [1.29, 1.82) is 0 Å². The Morgan fingerprint density at radius 2 is 1.39 bits per heavy atom. The Bertz CT molecular complexity index is 383. The largest absolute Gasteiger partial charge is 0.394 e. The maximum absolute atomic E-state index is 10.1. The van der Waals surface area contributed by atoms with Crippen LogP contribution in [-0.2, 0) is 14.2 Å². The molecule has 0 radical (unpaired) electrons. The van der Waals surface area contributed by atoms with Gasteiger partial charge in [0.25, 0.3) is 0 Å². The van der Waals surface area contributed by atoms with Crippen molar-refractivity contribution in [2.75, 3.05) is 13.2 Å². The Morgan fingerprint density at radius 3 is 1.96 bits per heavy atom. The fourth-order valence-electron chi connectivity index (χ4n) is 2.60. The lowest BCUT2D eigenvalue weighted by Crippen LogP contribution is -2.66. The molecule has 0 spiro atoms. The van der Waals surface area contributed by atoms with E-state index in [2.05, 4.69) is 0 Å². The molecule has 2 rings (SSSR count). The predicted octanol–water partition coefficient (Wildman–Crippen LogP) is -5.43. The molecule has 0 aromatic rings. The van der Waals surface area contributed by atoms with Crippen molar-refractivity contribution in [2.24, 2.45) is 5.73 Å². The molecule has 11 heteroatoms. The minimum absolute atomic E-state index is 0.622. The highest BCUT2D eigenvalue weighted by Gasteiger charge is 2.49. The molecular formula is C12H23NO10. The molecule has 10 atom stereocenters. The fourth-order valence-corrected chi connectivity index (χ4v) is 2.60. The standard InChI is InChI=1S/C12H23NO10/c13-5-7(17)10(4(2-15)21-11(5)20)23-12-9(19)8(18)6(16)3(1-14)22-12/h3-12,14-20H,1-2,13H2/t3-,4+,5-,6-,7+,8+,9-,10+,11-,12+/m0/s1. The topological polar surface area (TPSA) is 195 Å². The predicted molar refractivity (Wildman–Crippen MR) is 70.6 cm³/mol. The molecule has 11 nitrogen and oxygen atoms in total. The average Bonchev–Trinajstić information content (AvgIpc) is 2.55. The number of hydrogen-bond donors (Lipinski definition) is 8. The molecule has 2 aliphatic heterocycles. The van der Waals surface area contributed by atoms with Crippen LogP contribution in [0.2, 0.25) is 0 Å². The van der Waals surface area contributed by atoms with Crippen molar-refractivity contribution in [3.05, 3.63) is 0 Å². The first-order chi connectivity index (χ1) is 10.8. The number of aliphatic hydroxyl groups is 7. The van der Waals surface area contributed by atoms with Gasteiger partial charge in [0.05, 0.1) is 19.3 Å². The first kappa shape index (κ1) is 18.9. The molecular weight excluding hydrogens is 318 g/mol. The summed E-state index contributed by atoms with van der Waals surface area (Å²) in [5.74, 6) is 0. The minimum atomic E-state index is -1.68. The Labute approximate surface area is 131 Å². The summed E-state index contributed by atoms with van der Waals surface area (Å²) in [6, 6.07) is -1.23. The first-order valence-corrected chi connectivity index (χ1v) is 7.15.